The van der Waals surface area contributed by atoms with Gasteiger partial charge in [-0.1, -0.05) is 24.3 Å². The molecule has 0 amide bonds. The molecule has 0 aliphatic heterocycles. The molecule has 1 heterocycles. The van der Waals surface area contributed by atoms with Crippen LogP contribution < -0.4 is 21.7 Å². The van der Waals surface area contributed by atoms with Crippen molar-refractivity contribution in [3.63, 3.8) is 0 Å². The molecule has 0 saturated heterocycles. The summed E-state index contributed by atoms with van der Waals surface area (Å²) in [4.78, 5) is 8.33. The molecule has 0 atom stereocenters. The van der Waals surface area contributed by atoms with Crippen LogP contribution in [0.4, 0.5) is 11.8 Å². The van der Waals surface area contributed by atoms with Crippen molar-refractivity contribution in [2.75, 3.05) is 17.8 Å². The molecule has 0 fully saturated rings. The van der Waals surface area contributed by atoms with Crippen LogP contribution in [0.3, 0.4) is 0 Å². The summed E-state index contributed by atoms with van der Waals surface area (Å²) in [5.74, 6) is 7.05. The first-order valence-corrected chi connectivity index (χ1v) is 6.99. The van der Waals surface area contributed by atoms with Crippen LogP contribution in [0.15, 0.2) is 42.5 Å². The largest absolute Gasteiger partial charge is 0.493 e. The Labute approximate surface area is 128 Å². The number of ether oxygens (including phenoxy) is 1. The molecule has 0 spiro atoms. The summed E-state index contributed by atoms with van der Waals surface area (Å²) < 4.78 is 5.69. The maximum absolute atomic E-state index is 5.69. The molecule has 3 aromatic rings. The lowest BCUT2D eigenvalue weighted by Gasteiger charge is -2.12. The molecule has 0 bridgehead atoms. The zero-order chi connectivity index (χ0) is 15.5. The lowest BCUT2D eigenvalue weighted by atomic mass is 10.0. The van der Waals surface area contributed by atoms with Gasteiger partial charge in [0.25, 0.3) is 0 Å². The van der Waals surface area contributed by atoms with Crippen LogP contribution in [0.1, 0.15) is 6.92 Å². The van der Waals surface area contributed by atoms with Crippen LogP contribution in [0.25, 0.3) is 22.0 Å². The normalized spacial score (nSPS) is 10.6. The number of nitrogens with zero attached hydrogens (tertiary/aromatic N) is 2. The maximum atomic E-state index is 5.69. The van der Waals surface area contributed by atoms with Gasteiger partial charge in [-0.3, -0.25) is 0 Å². The van der Waals surface area contributed by atoms with E-state index in [4.69, 9.17) is 16.3 Å². The number of hydrogen-bond donors (Lipinski definition) is 3. The summed E-state index contributed by atoms with van der Waals surface area (Å²) in [5, 5.41) is 0.806. The van der Waals surface area contributed by atoms with E-state index in [0.29, 0.717) is 12.4 Å². The third-order valence-electron chi connectivity index (χ3n) is 3.35. The quantitative estimate of drug-likeness (QED) is 0.505. The van der Waals surface area contributed by atoms with Crippen molar-refractivity contribution in [3.8, 4) is 16.9 Å². The summed E-state index contributed by atoms with van der Waals surface area (Å²) in [5.41, 5.74) is 11.0. The average Bonchev–Trinajstić information content (AvgIpc) is 2.54. The Hall–Kier alpha value is -2.86. The molecular formula is C16H17N5O. The monoisotopic (exact) mass is 295 g/mol. The number of anilines is 2. The van der Waals surface area contributed by atoms with Crippen LogP contribution in [-0.2, 0) is 0 Å². The molecule has 3 rings (SSSR count). The fraction of sp³-hybridized carbons (Fsp3) is 0.125. The van der Waals surface area contributed by atoms with Crippen molar-refractivity contribution in [2.45, 2.75) is 6.92 Å². The highest BCUT2D eigenvalue weighted by molar-refractivity contribution is 5.93. The van der Waals surface area contributed by atoms with E-state index < -0.39 is 0 Å². The van der Waals surface area contributed by atoms with Gasteiger partial charge in [0.2, 0.25) is 5.95 Å². The Morgan fingerprint density at radius 1 is 1.14 bits per heavy atom. The Kier molecular flexibility index (Phi) is 3.76. The molecule has 0 aliphatic carbocycles. The van der Waals surface area contributed by atoms with Gasteiger partial charge >= 0.3 is 0 Å². The van der Waals surface area contributed by atoms with Gasteiger partial charge in [-0.2, -0.15) is 4.98 Å². The SMILES string of the molecule is CCOc1ccccc1-c1ccc2nc(N)nc(NN)c2c1. The predicted octanol–water partition coefficient (Wildman–Crippen LogP) is 2.56. The number of para-hydroxylation sites is 1. The fourth-order valence-corrected chi connectivity index (χ4v) is 2.41. The van der Waals surface area contributed by atoms with Gasteiger partial charge in [0.1, 0.15) is 5.75 Å². The average molecular weight is 295 g/mol. The Morgan fingerprint density at radius 2 is 1.95 bits per heavy atom. The summed E-state index contributed by atoms with van der Waals surface area (Å²) >= 11 is 0. The minimum Gasteiger partial charge on any atom is -0.493 e. The number of hydrogen-bond acceptors (Lipinski definition) is 6. The van der Waals surface area contributed by atoms with E-state index in [1.54, 1.807) is 0 Å². The predicted molar refractivity (Wildman–Crippen MR) is 88.4 cm³/mol. The van der Waals surface area contributed by atoms with E-state index in [9.17, 15) is 0 Å². The molecule has 0 radical (unpaired) electrons. The zero-order valence-corrected chi connectivity index (χ0v) is 12.2. The van der Waals surface area contributed by atoms with E-state index >= 15 is 0 Å². The number of nitrogen functional groups attached to an aromatic ring is 2. The minimum absolute atomic E-state index is 0.183. The standard InChI is InChI=1S/C16H17N5O/c1-2-22-14-6-4-3-5-11(14)10-7-8-13-12(9-10)15(21-18)20-16(17)19-13/h3-9H,2,18H2,1H3,(H3,17,19,20,21). The lowest BCUT2D eigenvalue weighted by Crippen LogP contribution is -2.11. The van der Waals surface area contributed by atoms with Gasteiger partial charge in [-0.15, -0.1) is 0 Å². The third-order valence-corrected chi connectivity index (χ3v) is 3.35. The molecule has 0 saturated carbocycles. The number of aromatic nitrogens is 2. The van der Waals surface area contributed by atoms with E-state index in [-0.39, 0.29) is 5.95 Å². The first kappa shape index (κ1) is 14.1. The van der Waals surface area contributed by atoms with Crippen molar-refractivity contribution in [3.05, 3.63) is 42.5 Å². The first-order chi connectivity index (χ1) is 10.7. The highest BCUT2D eigenvalue weighted by atomic mass is 16.5. The van der Waals surface area contributed by atoms with Gasteiger partial charge in [-0.25, -0.2) is 10.8 Å². The van der Waals surface area contributed by atoms with Crippen LogP contribution in [-0.4, -0.2) is 16.6 Å². The molecule has 112 valence electrons. The summed E-state index contributed by atoms with van der Waals surface area (Å²) in [7, 11) is 0. The van der Waals surface area contributed by atoms with Gasteiger partial charge in [0.15, 0.2) is 5.82 Å². The van der Waals surface area contributed by atoms with Gasteiger partial charge in [-0.05, 0) is 30.7 Å². The summed E-state index contributed by atoms with van der Waals surface area (Å²) in [6.45, 7) is 2.57. The van der Waals surface area contributed by atoms with Crippen molar-refractivity contribution in [2.24, 2.45) is 5.84 Å². The van der Waals surface area contributed by atoms with Gasteiger partial charge in [0.05, 0.1) is 12.1 Å². The molecule has 6 heteroatoms. The van der Waals surface area contributed by atoms with Crippen molar-refractivity contribution < 1.29 is 4.74 Å². The molecule has 0 unspecified atom stereocenters. The van der Waals surface area contributed by atoms with Crippen molar-refractivity contribution in [1.82, 2.24) is 9.97 Å². The third kappa shape index (κ3) is 2.51. The number of rotatable bonds is 4. The highest BCUT2D eigenvalue weighted by Gasteiger charge is 2.10. The molecule has 6 nitrogen and oxygen atoms in total. The Morgan fingerprint density at radius 3 is 2.73 bits per heavy atom. The second kappa shape index (κ2) is 5.87. The van der Waals surface area contributed by atoms with Crippen molar-refractivity contribution >= 4 is 22.7 Å². The number of fused-ring (bicyclic) bond motifs is 1. The summed E-state index contributed by atoms with van der Waals surface area (Å²) in [6, 6.07) is 13.7. The fourth-order valence-electron chi connectivity index (χ4n) is 2.41. The summed E-state index contributed by atoms with van der Waals surface area (Å²) in [6.07, 6.45) is 0. The van der Waals surface area contributed by atoms with Crippen molar-refractivity contribution in [1.29, 1.82) is 0 Å². The van der Waals surface area contributed by atoms with E-state index in [1.165, 1.54) is 0 Å². The molecule has 0 aliphatic rings. The zero-order valence-electron chi connectivity index (χ0n) is 12.2. The van der Waals surface area contributed by atoms with E-state index in [1.807, 2.05) is 49.4 Å². The number of benzene rings is 2. The Bertz CT molecular complexity index is 819. The Balaban J connectivity index is 2.19. The molecule has 2 aromatic carbocycles. The van der Waals surface area contributed by atoms with Crippen LogP contribution >= 0.6 is 0 Å². The number of hydrazine groups is 1. The molecule has 5 N–H and O–H groups in total. The van der Waals surface area contributed by atoms with Crippen LogP contribution in [0, 0.1) is 0 Å². The highest BCUT2D eigenvalue weighted by Crippen LogP contribution is 2.33. The second-order valence-electron chi connectivity index (χ2n) is 4.74. The number of nitrogens with one attached hydrogen (secondary N) is 1. The number of nitrogens with two attached hydrogens (primary N) is 2. The smallest absolute Gasteiger partial charge is 0.222 e. The van der Waals surface area contributed by atoms with Crippen LogP contribution in [0.5, 0.6) is 5.75 Å². The topological polar surface area (TPSA) is 99.1 Å². The van der Waals surface area contributed by atoms with Gasteiger partial charge < -0.3 is 15.9 Å². The van der Waals surface area contributed by atoms with Gasteiger partial charge in [0, 0.05) is 10.9 Å². The lowest BCUT2D eigenvalue weighted by molar-refractivity contribution is 0.341. The van der Waals surface area contributed by atoms with E-state index in [2.05, 4.69) is 15.4 Å². The van der Waals surface area contributed by atoms with E-state index in [0.717, 1.165) is 27.8 Å². The molecular weight excluding hydrogens is 278 g/mol. The maximum Gasteiger partial charge on any atom is 0.222 e. The van der Waals surface area contributed by atoms with Crippen LogP contribution in [0.2, 0.25) is 0 Å². The molecule has 1 aromatic heterocycles. The first-order valence-electron chi connectivity index (χ1n) is 6.99. The second-order valence-corrected chi connectivity index (χ2v) is 4.74. The minimum atomic E-state index is 0.183. The molecule has 22 heavy (non-hydrogen) atoms.